The van der Waals surface area contributed by atoms with E-state index in [4.69, 9.17) is 9.94 Å². The lowest BCUT2D eigenvalue weighted by Crippen LogP contribution is -2.15. The van der Waals surface area contributed by atoms with Crippen LogP contribution in [0.4, 0.5) is 4.39 Å². The molecule has 0 amide bonds. The quantitative estimate of drug-likeness (QED) is 0.575. The standard InChI is InChI=1S/C10H12FNO3/c1-2-15-12-6-8-5-7(10(13)14)3-4-9(8)11/h3-5,12H,2,6H2,1H3,(H,13,14). The zero-order chi connectivity index (χ0) is 11.3. The molecular weight excluding hydrogens is 201 g/mol. The molecule has 2 N–H and O–H groups in total. The number of nitrogens with one attached hydrogen (secondary N) is 1. The molecule has 0 saturated heterocycles. The molecule has 0 aromatic heterocycles. The molecule has 15 heavy (non-hydrogen) atoms. The Balaban J connectivity index is 2.76. The van der Waals surface area contributed by atoms with Gasteiger partial charge in [0.25, 0.3) is 0 Å². The van der Waals surface area contributed by atoms with Crippen LogP contribution in [0.3, 0.4) is 0 Å². The number of halogens is 1. The van der Waals surface area contributed by atoms with Crippen LogP contribution in [0, 0.1) is 5.82 Å². The molecule has 0 bridgehead atoms. The Hall–Kier alpha value is -1.46. The molecule has 0 aliphatic rings. The number of aromatic carboxylic acids is 1. The van der Waals surface area contributed by atoms with E-state index in [0.717, 1.165) is 6.07 Å². The lowest BCUT2D eigenvalue weighted by atomic mass is 10.1. The molecule has 1 aromatic carbocycles. The zero-order valence-electron chi connectivity index (χ0n) is 8.29. The maximum atomic E-state index is 13.2. The van der Waals surface area contributed by atoms with Gasteiger partial charge in [-0.3, -0.25) is 0 Å². The smallest absolute Gasteiger partial charge is 0.335 e. The maximum Gasteiger partial charge on any atom is 0.335 e. The van der Waals surface area contributed by atoms with Crippen LogP contribution in [-0.4, -0.2) is 17.7 Å². The Morgan fingerprint density at radius 2 is 2.33 bits per heavy atom. The van der Waals surface area contributed by atoms with Crippen LogP contribution >= 0.6 is 0 Å². The van der Waals surface area contributed by atoms with Crippen molar-refractivity contribution in [1.82, 2.24) is 5.48 Å². The monoisotopic (exact) mass is 213 g/mol. The number of benzene rings is 1. The maximum absolute atomic E-state index is 13.2. The first-order valence-electron chi connectivity index (χ1n) is 4.51. The highest BCUT2D eigenvalue weighted by Crippen LogP contribution is 2.10. The molecule has 0 unspecified atom stereocenters. The third-order valence-electron chi connectivity index (χ3n) is 1.80. The average Bonchev–Trinajstić information content (AvgIpc) is 2.20. The van der Waals surface area contributed by atoms with E-state index in [1.165, 1.54) is 12.1 Å². The number of hydroxylamine groups is 1. The van der Waals surface area contributed by atoms with Crippen LogP contribution in [-0.2, 0) is 11.4 Å². The normalized spacial score (nSPS) is 10.3. The molecule has 0 spiro atoms. The van der Waals surface area contributed by atoms with Gasteiger partial charge in [-0.05, 0) is 25.1 Å². The van der Waals surface area contributed by atoms with E-state index in [2.05, 4.69) is 5.48 Å². The van der Waals surface area contributed by atoms with E-state index in [0.29, 0.717) is 6.61 Å². The van der Waals surface area contributed by atoms with Gasteiger partial charge < -0.3 is 9.94 Å². The number of carbonyl (C=O) groups is 1. The molecule has 0 aliphatic heterocycles. The van der Waals surface area contributed by atoms with Crippen LogP contribution in [0.1, 0.15) is 22.8 Å². The SMILES string of the molecule is CCONCc1cc(C(=O)O)ccc1F. The summed E-state index contributed by atoms with van der Waals surface area (Å²) in [7, 11) is 0. The summed E-state index contributed by atoms with van der Waals surface area (Å²) in [4.78, 5) is 15.4. The molecule has 0 radical (unpaired) electrons. The van der Waals surface area contributed by atoms with E-state index in [9.17, 15) is 9.18 Å². The summed E-state index contributed by atoms with van der Waals surface area (Å²) < 4.78 is 13.2. The summed E-state index contributed by atoms with van der Waals surface area (Å²) >= 11 is 0. The lowest BCUT2D eigenvalue weighted by molar-refractivity contribution is 0.0456. The molecule has 1 aromatic rings. The van der Waals surface area contributed by atoms with Gasteiger partial charge in [-0.25, -0.2) is 9.18 Å². The molecule has 0 atom stereocenters. The van der Waals surface area contributed by atoms with Crippen molar-refractivity contribution in [1.29, 1.82) is 0 Å². The van der Waals surface area contributed by atoms with Crippen molar-refractivity contribution in [3.8, 4) is 0 Å². The number of hydrogen-bond donors (Lipinski definition) is 2. The van der Waals surface area contributed by atoms with Gasteiger partial charge in [0.2, 0.25) is 0 Å². The first-order chi connectivity index (χ1) is 7.15. The molecule has 0 aliphatic carbocycles. The van der Waals surface area contributed by atoms with Gasteiger partial charge in [0.05, 0.1) is 12.2 Å². The van der Waals surface area contributed by atoms with Crippen LogP contribution < -0.4 is 5.48 Å². The molecule has 82 valence electrons. The van der Waals surface area contributed by atoms with Gasteiger partial charge in [0.1, 0.15) is 5.82 Å². The number of carboxylic acid groups (broad SMARTS) is 1. The van der Waals surface area contributed by atoms with E-state index in [1.54, 1.807) is 6.92 Å². The highest BCUT2D eigenvalue weighted by Gasteiger charge is 2.07. The molecule has 0 saturated carbocycles. The van der Waals surface area contributed by atoms with E-state index in [-0.39, 0.29) is 17.7 Å². The zero-order valence-corrected chi connectivity index (χ0v) is 8.29. The Morgan fingerprint density at radius 3 is 2.93 bits per heavy atom. The van der Waals surface area contributed by atoms with Gasteiger partial charge in [-0.1, -0.05) is 0 Å². The topological polar surface area (TPSA) is 58.6 Å². The fourth-order valence-electron chi connectivity index (χ4n) is 1.07. The number of hydrogen-bond acceptors (Lipinski definition) is 3. The fraction of sp³-hybridized carbons (Fsp3) is 0.300. The summed E-state index contributed by atoms with van der Waals surface area (Å²) in [5.41, 5.74) is 2.85. The second kappa shape index (κ2) is 5.43. The third kappa shape index (κ3) is 3.30. The molecule has 5 heteroatoms. The lowest BCUT2D eigenvalue weighted by Gasteiger charge is -2.05. The van der Waals surface area contributed by atoms with Crippen molar-refractivity contribution in [2.45, 2.75) is 13.5 Å². The predicted molar refractivity (Wildman–Crippen MR) is 51.8 cm³/mol. The van der Waals surface area contributed by atoms with Gasteiger partial charge in [-0.15, -0.1) is 0 Å². The van der Waals surface area contributed by atoms with Crippen LogP contribution in [0.2, 0.25) is 0 Å². The minimum Gasteiger partial charge on any atom is -0.478 e. The average molecular weight is 213 g/mol. The van der Waals surface area contributed by atoms with E-state index < -0.39 is 11.8 Å². The van der Waals surface area contributed by atoms with Crippen molar-refractivity contribution in [2.75, 3.05) is 6.61 Å². The molecule has 0 heterocycles. The van der Waals surface area contributed by atoms with Gasteiger partial charge in [-0.2, -0.15) is 5.48 Å². The summed E-state index contributed by atoms with van der Waals surface area (Å²) in [6.07, 6.45) is 0. The van der Waals surface area contributed by atoms with Crippen molar-refractivity contribution in [2.24, 2.45) is 0 Å². The predicted octanol–water partition coefficient (Wildman–Crippen LogP) is 1.57. The van der Waals surface area contributed by atoms with Crippen LogP contribution in [0.25, 0.3) is 0 Å². The Bertz CT molecular complexity index is 355. The van der Waals surface area contributed by atoms with Crippen molar-refractivity contribution in [3.05, 3.63) is 35.1 Å². The highest BCUT2D eigenvalue weighted by molar-refractivity contribution is 5.87. The summed E-state index contributed by atoms with van der Waals surface area (Å²) in [5.74, 6) is -1.53. The van der Waals surface area contributed by atoms with Gasteiger partial charge in [0, 0.05) is 12.1 Å². The Kier molecular flexibility index (Phi) is 4.20. The van der Waals surface area contributed by atoms with Crippen molar-refractivity contribution >= 4 is 5.97 Å². The molecule has 0 fully saturated rings. The second-order valence-corrected chi connectivity index (χ2v) is 2.87. The van der Waals surface area contributed by atoms with Crippen LogP contribution in [0.5, 0.6) is 0 Å². The number of carboxylic acids is 1. The first-order valence-corrected chi connectivity index (χ1v) is 4.51. The summed E-state index contributed by atoms with van der Waals surface area (Å²) in [6.45, 7) is 2.39. The molecule has 1 rings (SSSR count). The minimum atomic E-state index is -1.08. The summed E-state index contributed by atoms with van der Waals surface area (Å²) in [5, 5.41) is 8.70. The Morgan fingerprint density at radius 1 is 1.60 bits per heavy atom. The number of rotatable bonds is 5. The first kappa shape index (κ1) is 11.6. The highest BCUT2D eigenvalue weighted by atomic mass is 19.1. The summed E-state index contributed by atoms with van der Waals surface area (Å²) in [6, 6.07) is 3.64. The minimum absolute atomic E-state index is 0.0599. The van der Waals surface area contributed by atoms with Crippen molar-refractivity contribution in [3.63, 3.8) is 0 Å². The van der Waals surface area contributed by atoms with Gasteiger partial charge >= 0.3 is 5.97 Å². The van der Waals surface area contributed by atoms with Crippen molar-refractivity contribution < 1.29 is 19.1 Å². The second-order valence-electron chi connectivity index (χ2n) is 2.87. The van der Waals surface area contributed by atoms with Crippen LogP contribution in [0.15, 0.2) is 18.2 Å². The third-order valence-corrected chi connectivity index (χ3v) is 1.80. The largest absolute Gasteiger partial charge is 0.478 e. The van der Waals surface area contributed by atoms with E-state index in [1.807, 2.05) is 0 Å². The molecule has 4 nitrogen and oxygen atoms in total. The fourth-order valence-corrected chi connectivity index (χ4v) is 1.07. The van der Waals surface area contributed by atoms with E-state index >= 15 is 0 Å². The molecular formula is C10H12FNO3. The Labute approximate surface area is 86.6 Å². The van der Waals surface area contributed by atoms with Gasteiger partial charge in [0.15, 0.2) is 0 Å².